The van der Waals surface area contributed by atoms with Gasteiger partial charge in [0.05, 0.1) is 18.3 Å². The summed E-state index contributed by atoms with van der Waals surface area (Å²) >= 11 is 0. The van der Waals surface area contributed by atoms with Crippen molar-refractivity contribution in [1.82, 2.24) is 24.8 Å². The van der Waals surface area contributed by atoms with Crippen molar-refractivity contribution in [2.75, 3.05) is 13.2 Å². The van der Waals surface area contributed by atoms with Gasteiger partial charge < -0.3 is 4.74 Å². The van der Waals surface area contributed by atoms with Crippen LogP contribution in [0.2, 0.25) is 0 Å². The predicted octanol–water partition coefficient (Wildman–Crippen LogP) is 1.84. The Morgan fingerprint density at radius 1 is 1.24 bits per heavy atom. The number of hydrogen-bond donors (Lipinski definition) is 0. The standard InChI is InChI=1S/C17H18FN5O2/c1-11-15-16(20-22(11)10-12-4-2-3-5-14(12)18)17(24)23(21-19-15)13-6-8-25-9-7-13/h2-5,13H,6-10H2,1H3. The first kappa shape index (κ1) is 15.9. The lowest BCUT2D eigenvalue weighted by Crippen LogP contribution is -2.32. The second-order valence-electron chi connectivity index (χ2n) is 6.21. The Morgan fingerprint density at radius 3 is 2.76 bits per heavy atom. The minimum Gasteiger partial charge on any atom is -0.381 e. The van der Waals surface area contributed by atoms with E-state index in [-0.39, 0.29) is 29.5 Å². The number of halogens is 1. The molecule has 1 saturated heterocycles. The van der Waals surface area contributed by atoms with Gasteiger partial charge in [-0.05, 0) is 25.8 Å². The molecule has 0 N–H and O–H groups in total. The maximum Gasteiger partial charge on any atom is 0.298 e. The Kier molecular flexibility index (Phi) is 4.04. The van der Waals surface area contributed by atoms with Crippen LogP contribution in [-0.2, 0) is 11.3 Å². The molecule has 3 aromatic rings. The van der Waals surface area contributed by atoms with Crippen molar-refractivity contribution in [3.05, 3.63) is 51.7 Å². The molecule has 130 valence electrons. The zero-order chi connectivity index (χ0) is 17.4. The molecule has 3 heterocycles. The van der Waals surface area contributed by atoms with Crippen molar-refractivity contribution in [3.8, 4) is 0 Å². The molecule has 0 saturated carbocycles. The zero-order valence-corrected chi connectivity index (χ0v) is 13.9. The number of aryl methyl sites for hydroxylation is 1. The highest BCUT2D eigenvalue weighted by molar-refractivity contribution is 5.75. The van der Waals surface area contributed by atoms with Gasteiger partial charge in [0.15, 0.2) is 5.52 Å². The summed E-state index contributed by atoms with van der Waals surface area (Å²) < 4.78 is 22.2. The van der Waals surface area contributed by atoms with Crippen molar-refractivity contribution in [1.29, 1.82) is 0 Å². The summed E-state index contributed by atoms with van der Waals surface area (Å²) in [4.78, 5) is 12.8. The van der Waals surface area contributed by atoms with E-state index in [9.17, 15) is 9.18 Å². The number of fused-ring (bicyclic) bond motifs is 1. The van der Waals surface area contributed by atoms with E-state index in [0.29, 0.717) is 30.0 Å². The number of benzene rings is 1. The highest BCUT2D eigenvalue weighted by atomic mass is 19.1. The summed E-state index contributed by atoms with van der Waals surface area (Å²) in [6.07, 6.45) is 1.46. The topological polar surface area (TPSA) is 74.8 Å². The molecule has 0 amide bonds. The van der Waals surface area contributed by atoms with Crippen LogP contribution in [0.25, 0.3) is 11.0 Å². The molecule has 0 bridgehead atoms. The lowest BCUT2D eigenvalue weighted by molar-refractivity contribution is 0.0641. The van der Waals surface area contributed by atoms with Gasteiger partial charge in [0.25, 0.3) is 5.56 Å². The van der Waals surface area contributed by atoms with Crippen LogP contribution in [-0.4, -0.2) is 38.0 Å². The van der Waals surface area contributed by atoms with Gasteiger partial charge in [0.1, 0.15) is 11.3 Å². The molecular formula is C17H18FN5O2. The maximum atomic E-state index is 13.9. The molecule has 1 aromatic carbocycles. The average Bonchev–Trinajstić information content (AvgIpc) is 2.95. The highest BCUT2D eigenvalue weighted by Crippen LogP contribution is 2.19. The van der Waals surface area contributed by atoms with Gasteiger partial charge >= 0.3 is 0 Å². The molecule has 1 aliphatic rings. The number of hydrogen-bond acceptors (Lipinski definition) is 5. The molecule has 8 heteroatoms. The summed E-state index contributed by atoms with van der Waals surface area (Å²) in [7, 11) is 0. The number of nitrogens with zero attached hydrogens (tertiary/aromatic N) is 5. The van der Waals surface area contributed by atoms with Crippen molar-refractivity contribution in [2.45, 2.75) is 32.4 Å². The average molecular weight is 343 g/mol. The van der Waals surface area contributed by atoms with Gasteiger partial charge in [-0.25, -0.2) is 9.07 Å². The third-order valence-electron chi connectivity index (χ3n) is 4.64. The Balaban J connectivity index is 1.75. The minimum atomic E-state index is -0.299. The van der Waals surface area contributed by atoms with E-state index >= 15 is 0 Å². The molecule has 0 aliphatic carbocycles. The number of aromatic nitrogens is 5. The van der Waals surface area contributed by atoms with Gasteiger partial charge in [-0.1, -0.05) is 23.4 Å². The number of ether oxygens (including phenoxy) is 1. The molecule has 25 heavy (non-hydrogen) atoms. The van der Waals surface area contributed by atoms with Crippen molar-refractivity contribution >= 4 is 11.0 Å². The van der Waals surface area contributed by atoms with Gasteiger partial charge in [0.2, 0.25) is 0 Å². The lowest BCUT2D eigenvalue weighted by atomic mass is 10.1. The van der Waals surface area contributed by atoms with Crippen LogP contribution in [0.5, 0.6) is 0 Å². The third kappa shape index (κ3) is 2.82. The molecule has 4 rings (SSSR count). The Morgan fingerprint density at radius 2 is 2.00 bits per heavy atom. The van der Waals surface area contributed by atoms with Crippen LogP contribution in [0.15, 0.2) is 29.1 Å². The molecule has 1 fully saturated rings. The Hall–Kier alpha value is -2.61. The maximum absolute atomic E-state index is 13.9. The SMILES string of the molecule is Cc1c2nnn(C3CCOCC3)c(=O)c2nn1Cc1ccccc1F. The van der Waals surface area contributed by atoms with Crippen LogP contribution in [0.3, 0.4) is 0 Å². The van der Waals surface area contributed by atoms with Gasteiger partial charge in [0, 0.05) is 18.8 Å². The largest absolute Gasteiger partial charge is 0.381 e. The monoisotopic (exact) mass is 343 g/mol. The van der Waals surface area contributed by atoms with Crippen LogP contribution < -0.4 is 5.56 Å². The van der Waals surface area contributed by atoms with Crippen LogP contribution in [0.1, 0.15) is 30.1 Å². The first-order valence-electron chi connectivity index (χ1n) is 8.29. The third-order valence-corrected chi connectivity index (χ3v) is 4.64. The molecule has 0 spiro atoms. The van der Waals surface area contributed by atoms with E-state index in [4.69, 9.17) is 4.74 Å². The Bertz CT molecular complexity index is 975. The quantitative estimate of drug-likeness (QED) is 0.725. The summed E-state index contributed by atoms with van der Waals surface area (Å²) in [5.41, 5.74) is 1.69. The van der Waals surface area contributed by atoms with E-state index in [1.54, 1.807) is 22.9 Å². The summed E-state index contributed by atoms with van der Waals surface area (Å²) in [6.45, 7) is 3.27. The van der Waals surface area contributed by atoms with E-state index in [1.807, 2.05) is 6.92 Å². The highest BCUT2D eigenvalue weighted by Gasteiger charge is 2.22. The van der Waals surface area contributed by atoms with Crippen molar-refractivity contribution in [3.63, 3.8) is 0 Å². The predicted molar refractivity (Wildman–Crippen MR) is 88.9 cm³/mol. The van der Waals surface area contributed by atoms with Gasteiger partial charge in [-0.15, -0.1) is 5.10 Å². The normalized spacial score (nSPS) is 15.8. The molecule has 2 aromatic heterocycles. The van der Waals surface area contributed by atoms with Crippen molar-refractivity contribution < 1.29 is 9.13 Å². The fraction of sp³-hybridized carbons (Fsp3) is 0.412. The van der Waals surface area contributed by atoms with Crippen molar-refractivity contribution in [2.24, 2.45) is 0 Å². The van der Waals surface area contributed by atoms with E-state index in [1.165, 1.54) is 10.7 Å². The number of rotatable bonds is 3. The first-order valence-corrected chi connectivity index (χ1v) is 8.29. The fourth-order valence-electron chi connectivity index (χ4n) is 3.15. The Labute approximate surface area is 143 Å². The minimum absolute atomic E-state index is 0.0184. The second kappa shape index (κ2) is 6.36. The molecule has 0 radical (unpaired) electrons. The second-order valence-corrected chi connectivity index (χ2v) is 6.21. The van der Waals surface area contributed by atoms with Gasteiger partial charge in [-0.2, -0.15) is 5.10 Å². The van der Waals surface area contributed by atoms with Crippen LogP contribution >= 0.6 is 0 Å². The van der Waals surface area contributed by atoms with E-state index in [2.05, 4.69) is 15.4 Å². The van der Waals surface area contributed by atoms with Crippen LogP contribution in [0, 0.1) is 12.7 Å². The summed E-state index contributed by atoms with van der Waals surface area (Å²) in [5, 5.41) is 12.7. The van der Waals surface area contributed by atoms with E-state index < -0.39 is 0 Å². The zero-order valence-electron chi connectivity index (χ0n) is 13.9. The summed E-state index contributed by atoms with van der Waals surface area (Å²) in [6, 6.07) is 6.51. The molecule has 0 atom stereocenters. The molecule has 1 aliphatic heterocycles. The smallest absolute Gasteiger partial charge is 0.298 e. The van der Waals surface area contributed by atoms with Crippen LogP contribution in [0.4, 0.5) is 4.39 Å². The molecule has 0 unspecified atom stereocenters. The first-order chi connectivity index (χ1) is 12.1. The molecular weight excluding hydrogens is 325 g/mol. The molecule has 7 nitrogen and oxygen atoms in total. The van der Waals surface area contributed by atoms with Gasteiger partial charge in [-0.3, -0.25) is 9.48 Å². The lowest BCUT2D eigenvalue weighted by Gasteiger charge is -2.22. The fourth-order valence-corrected chi connectivity index (χ4v) is 3.15. The summed E-state index contributed by atoms with van der Waals surface area (Å²) in [5.74, 6) is -0.299. The van der Waals surface area contributed by atoms with E-state index in [0.717, 1.165) is 12.8 Å².